The number of aliphatic imine (C=N–C) groups is 1. The molecule has 2 aromatic rings. The lowest BCUT2D eigenvalue weighted by Crippen LogP contribution is -2.40. The topological polar surface area (TPSA) is 70.0 Å². The molecule has 1 heterocycles. The summed E-state index contributed by atoms with van der Waals surface area (Å²) in [6.07, 6.45) is 5.35. The molecule has 1 saturated carbocycles. The average Bonchev–Trinajstić information content (AvgIpc) is 3.11. The van der Waals surface area contributed by atoms with E-state index < -0.39 is 5.97 Å². The van der Waals surface area contributed by atoms with Crippen LogP contribution in [0.15, 0.2) is 52.4 Å². The third-order valence-corrected chi connectivity index (χ3v) is 7.51. The van der Waals surface area contributed by atoms with Crippen LogP contribution in [-0.4, -0.2) is 33.1 Å². The zero-order valence-electron chi connectivity index (χ0n) is 18.7. The minimum Gasteiger partial charge on any atom is -0.478 e. The molecule has 4 rings (SSSR count). The van der Waals surface area contributed by atoms with Crippen LogP contribution < -0.4 is 0 Å². The Balaban J connectivity index is 1.77. The van der Waals surface area contributed by atoms with Crippen molar-refractivity contribution in [2.75, 3.05) is 0 Å². The Morgan fingerprint density at radius 3 is 2.47 bits per heavy atom. The van der Waals surface area contributed by atoms with E-state index in [-0.39, 0.29) is 17.5 Å². The van der Waals surface area contributed by atoms with Gasteiger partial charge in [-0.3, -0.25) is 9.69 Å². The van der Waals surface area contributed by atoms with E-state index in [1.165, 1.54) is 29.3 Å². The number of amides is 1. The molecule has 0 aromatic heterocycles. The number of aryl methyl sites for hydroxylation is 2. The molecule has 0 atom stereocenters. The molecule has 0 bridgehead atoms. The highest BCUT2D eigenvalue weighted by atomic mass is 32.2. The molecule has 0 unspecified atom stereocenters. The second-order valence-electron chi connectivity index (χ2n) is 8.57. The lowest BCUT2D eigenvalue weighted by molar-refractivity contribution is -0.124. The molecule has 6 heteroatoms. The van der Waals surface area contributed by atoms with E-state index in [1.54, 1.807) is 24.3 Å². The zero-order valence-corrected chi connectivity index (χ0v) is 19.5. The first kappa shape index (κ1) is 22.3. The number of carboxylic acids is 1. The minimum absolute atomic E-state index is 0.00534. The second-order valence-corrected chi connectivity index (χ2v) is 9.55. The van der Waals surface area contributed by atoms with Crippen LogP contribution in [0.1, 0.15) is 66.1 Å². The Hall–Kier alpha value is -2.86. The Labute approximate surface area is 193 Å². The van der Waals surface area contributed by atoms with E-state index in [2.05, 4.69) is 32.0 Å². The number of allylic oxidation sites excluding steroid dienone is 1. The van der Waals surface area contributed by atoms with Crippen LogP contribution in [0.2, 0.25) is 0 Å². The number of carboxylic acid groups (broad SMARTS) is 1. The van der Waals surface area contributed by atoms with Gasteiger partial charge in [-0.1, -0.05) is 43.5 Å². The number of thioether (sulfide) groups is 1. The van der Waals surface area contributed by atoms with Crippen molar-refractivity contribution in [1.82, 2.24) is 4.90 Å². The van der Waals surface area contributed by atoms with Crippen LogP contribution in [0.25, 0.3) is 5.57 Å². The van der Waals surface area contributed by atoms with Crippen molar-refractivity contribution < 1.29 is 14.7 Å². The predicted octanol–water partition coefficient (Wildman–Crippen LogP) is 6.33. The van der Waals surface area contributed by atoms with Crippen LogP contribution >= 0.6 is 11.8 Å². The zero-order chi connectivity index (χ0) is 22.8. The fourth-order valence-electron chi connectivity index (χ4n) is 4.28. The smallest absolute Gasteiger partial charge is 0.335 e. The summed E-state index contributed by atoms with van der Waals surface area (Å²) in [5.74, 6) is -0.983. The quantitative estimate of drug-likeness (QED) is 0.555. The molecular formula is C26H28N2O3S. The minimum atomic E-state index is -0.988. The Bertz CT molecular complexity index is 1130. The van der Waals surface area contributed by atoms with Gasteiger partial charge in [-0.05, 0) is 85.8 Å². The van der Waals surface area contributed by atoms with Crippen molar-refractivity contribution in [2.24, 2.45) is 4.99 Å². The number of nitrogens with zero attached hydrogens (tertiary/aromatic N) is 2. The van der Waals surface area contributed by atoms with Crippen molar-refractivity contribution in [3.63, 3.8) is 0 Å². The number of carbonyl (C=O) groups excluding carboxylic acids is 1. The predicted molar refractivity (Wildman–Crippen MR) is 130 cm³/mol. The number of hydrogen-bond donors (Lipinski definition) is 1. The normalized spacial score (nSPS) is 20.2. The highest BCUT2D eigenvalue weighted by Gasteiger charge is 2.39. The van der Waals surface area contributed by atoms with Gasteiger partial charge in [0, 0.05) is 6.04 Å². The summed E-state index contributed by atoms with van der Waals surface area (Å²) >= 11 is 1.40. The van der Waals surface area contributed by atoms with Gasteiger partial charge in [0.15, 0.2) is 5.17 Å². The summed E-state index contributed by atoms with van der Waals surface area (Å²) in [4.78, 5) is 32.3. The molecule has 2 aromatic carbocycles. The molecule has 1 saturated heterocycles. The molecule has 1 N–H and O–H groups in total. The number of rotatable bonds is 4. The highest BCUT2D eigenvalue weighted by Crippen LogP contribution is 2.41. The largest absolute Gasteiger partial charge is 0.478 e. The lowest BCUT2D eigenvalue weighted by Gasteiger charge is -2.30. The Morgan fingerprint density at radius 1 is 1.03 bits per heavy atom. The van der Waals surface area contributed by atoms with E-state index in [0.717, 1.165) is 36.8 Å². The van der Waals surface area contributed by atoms with Gasteiger partial charge in [0.25, 0.3) is 5.91 Å². The fourth-order valence-corrected chi connectivity index (χ4v) is 5.40. The summed E-state index contributed by atoms with van der Waals surface area (Å²) in [5.41, 5.74) is 5.15. The number of carbonyl (C=O) groups is 2. The maximum Gasteiger partial charge on any atom is 0.335 e. The van der Waals surface area contributed by atoms with Crippen molar-refractivity contribution in [3.05, 3.63) is 69.6 Å². The molecule has 0 spiro atoms. The third-order valence-electron chi connectivity index (χ3n) is 6.35. The van der Waals surface area contributed by atoms with Crippen molar-refractivity contribution in [3.8, 4) is 0 Å². The number of hydrogen-bond acceptors (Lipinski definition) is 4. The van der Waals surface area contributed by atoms with E-state index >= 15 is 0 Å². The monoisotopic (exact) mass is 448 g/mol. The molecule has 0 radical (unpaired) electrons. The van der Waals surface area contributed by atoms with Crippen LogP contribution in [0, 0.1) is 13.8 Å². The molecule has 1 amide bonds. The first-order valence-electron chi connectivity index (χ1n) is 11.1. The summed E-state index contributed by atoms with van der Waals surface area (Å²) in [5, 5.41) is 9.97. The highest BCUT2D eigenvalue weighted by molar-refractivity contribution is 8.18. The summed E-state index contributed by atoms with van der Waals surface area (Å²) in [6, 6.07) is 13.0. The first-order valence-corrected chi connectivity index (χ1v) is 11.9. The van der Waals surface area contributed by atoms with Gasteiger partial charge in [-0.2, -0.15) is 0 Å². The average molecular weight is 449 g/mol. The van der Waals surface area contributed by atoms with Crippen LogP contribution in [-0.2, 0) is 4.79 Å². The number of amidine groups is 1. The van der Waals surface area contributed by atoms with E-state index in [1.807, 2.05) is 11.8 Å². The molecule has 1 aliphatic heterocycles. The Morgan fingerprint density at radius 2 is 1.78 bits per heavy atom. The summed E-state index contributed by atoms with van der Waals surface area (Å²) < 4.78 is 0. The van der Waals surface area contributed by atoms with Crippen molar-refractivity contribution in [1.29, 1.82) is 0 Å². The summed E-state index contributed by atoms with van der Waals surface area (Å²) in [6.45, 7) is 6.16. The van der Waals surface area contributed by atoms with Gasteiger partial charge in [-0.15, -0.1) is 0 Å². The lowest BCUT2D eigenvalue weighted by atomic mass is 9.94. The van der Waals surface area contributed by atoms with Gasteiger partial charge >= 0.3 is 5.97 Å². The van der Waals surface area contributed by atoms with Gasteiger partial charge in [0.05, 0.1) is 16.2 Å². The van der Waals surface area contributed by atoms with E-state index in [0.29, 0.717) is 15.8 Å². The van der Waals surface area contributed by atoms with E-state index in [9.17, 15) is 14.7 Å². The first-order chi connectivity index (χ1) is 15.3. The standard InChI is InChI=1S/C26H28N2O3S/c1-16-12-13-19(14-17(16)2)18(3)23-24(29)28(22-10-5-4-6-11-22)26(32-23)27-21-9-7-8-20(15-21)25(30)31/h7-9,12-15,22H,4-6,10-11H2,1-3H3,(H,30,31)/b23-18-,27-26?. The molecular weight excluding hydrogens is 420 g/mol. The number of aromatic carboxylic acids is 1. The molecule has 5 nitrogen and oxygen atoms in total. The number of benzene rings is 2. The maximum absolute atomic E-state index is 13.6. The van der Waals surface area contributed by atoms with Crippen molar-refractivity contribution >= 4 is 40.1 Å². The Kier molecular flexibility index (Phi) is 6.51. The van der Waals surface area contributed by atoms with Crippen LogP contribution in [0.5, 0.6) is 0 Å². The summed E-state index contributed by atoms with van der Waals surface area (Å²) in [7, 11) is 0. The van der Waals surface area contributed by atoms with Crippen molar-refractivity contribution in [2.45, 2.75) is 58.9 Å². The van der Waals surface area contributed by atoms with Gasteiger partial charge in [0.2, 0.25) is 0 Å². The SMILES string of the molecule is C/C(=C1/SC(=Nc2cccc(C(=O)O)c2)N(C2CCCCC2)C1=O)c1ccc(C)c(C)c1. The van der Waals surface area contributed by atoms with Crippen LogP contribution in [0.3, 0.4) is 0 Å². The van der Waals surface area contributed by atoms with Gasteiger partial charge in [-0.25, -0.2) is 9.79 Å². The maximum atomic E-state index is 13.6. The van der Waals surface area contributed by atoms with E-state index in [4.69, 9.17) is 4.99 Å². The van der Waals surface area contributed by atoms with Crippen LogP contribution in [0.4, 0.5) is 5.69 Å². The third kappa shape index (κ3) is 4.51. The van der Waals surface area contributed by atoms with Gasteiger partial charge in [0.1, 0.15) is 0 Å². The molecule has 166 valence electrons. The molecule has 1 aliphatic carbocycles. The fraction of sp³-hybridized carbons (Fsp3) is 0.346. The molecule has 32 heavy (non-hydrogen) atoms. The second kappa shape index (κ2) is 9.33. The molecule has 2 fully saturated rings. The molecule has 2 aliphatic rings. The van der Waals surface area contributed by atoms with Gasteiger partial charge < -0.3 is 5.11 Å².